The lowest BCUT2D eigenvalue weighted by atomic mass is 10.2. The first-order valence-corrected chi connectivity index (χ1v) is 6.21. The Labute approximate surface area is 92.4 Å². The molecule has 2 saturated heterocycles. The number of carbonyl (C=O) groups excluding carboxylic acids is 1. The van der Waals surface area contributed by atoms with Gasteiger partial charge >= 0.3 is 0 Å². The Kier molecular flexibility index (Phi) is 3.29. The number of nitrogens with zero attached hydrogens (tertiary/aromatic N) is 2. The van der Waals surface area contributed by atoms with E-state index in [0.29, 0.717) is 11.9 Å². The lowest BCUT2D eigenvalue weighted by Crippen LogP contribution is -2.38. The van der Waals surface area contributed by atoms with Crippen molar-refractivity contribution in [2.75, 3.05) is 26.2 Å². The fourth-order valence-corrected chi connectivity index (χ4v) is 2.71. The number of amides is 1. The maximum Gasteiger partial charge on any atom is 0.225 e. The number of carbonyl (C=O) groups is 1. The van der Waals surface area contributed by atoms with E-state index < -0.39 is 0 Å². The molecule has 0 saturated carbocycles. The van der Waals surface area contributed by atoms with Crippen LogP contribution in [-0.4, -0.2) is 47.9 Å². The summed E-state index contributed by atoms with van der Waals surface area (Å²) >= 11 is 0. The van der Waals surface area contributed by atoms with Crippen LogP contribution in [0.2, 0.25) is 0 Å². The van der Waals surface area contributed by atoms with Crippen LogP contribution in [0.4, 0.5) is 0 Å². The molecule has 0 aromatic heterocycles. The predicted octanol–water partition coefficient (Wildman–Crippen LogP) is 1.34. The molecule has 15 heavy (non-hydrogen) atoms. The van der Waals surface area contributed by atoms with Crippen molar-refractivity contribution in [2.24, 2.45) is 5.92 Å². The summed E-state index contributed by atoms with van der Waals surface area (Å²) in [6, 6.07) is 0.648. The quantitative estimate of drug-likeness (QED) is 0.686. The summed E-state index contributed by atoms with van der Waals surface area (Å²) in [6.45, 7) is 8.41. The number of hydrogen-bond acceptors (Lipinski definition) is 2. The normalized spacial score (nSPS) is 27.9. The minimum absolute atomic E-state index is 0.155. The lowest BCUT2D eigenvalue weighted by molar-refractivity contribution is -0.133. The molecule has 3 nitrogen and oxygen atoms in total. The van der Waals surface area contributed by atoms with Gasteiger partial charge in [0.2, 0.25) is 5.91 Å². The Hall–Kier alpha value is -0.570. The second-order valence-electron chi connectivity index (χ2n) is 5.12. The van der Waals surface area contributed by atoms with E-state index in [1.807, 2.05) is 18.7 Å². The summed E-state index contributed by atoms with van der Waals surface area (Å²) in [7, 11) is 0. The molecule has 2 aliphatic heterocycles. The van der Waals surface area contributed by atoms with Gasteiger partial charge in [-0.05, 0) is 32.4 Å². The van der Waals surface area contributed by atoms with E-state index in [2.05, 4.69) is 4.90 Å². The molecule has 1 amide bonds. The number of hydrogen-bond donors (Lipinski definition) is 0. The monoisotopic (exact) mass is 210 g/mol. The summed E-state index contributed by atoms with van der Waals surface area (Å²) in [6.07, 6.45) is 3.86. The summed E-state index contributed by atoms with van der Waals surface area (Å²) < 4.78 is 0. The molecule has 2 heterocycles. The molecule has 0 bridgehead atoms. The van der Waals surface area contributed by atoms with Gasteiger partial charge in [0.05, 0.1) is 0 Å². The molecule has 1 unspecified atom stereocenters. The van der Waals surface area contributed by atoms with E-state index >= 15 is 0 Å². The zero-order valence-corrected chi connectivity index (χ0v) is 9.91. The standard InChI is InChI=1S/C12H22N2O/c1-10(2)12(15)14-8-5-11(9-14)13-6-3-4-7-13/h10-11H,3-9H2,1-2H3. The fourth-order valence-electron chi connectivity index (χ4n) is 2.71. The third-order valence-corrected chi connectivity index (χ3v) is 3.63. The Morgan fingerprint density at radius 3 is 2.47 bits per heavy atom. The van der Waals surface area contributed by atoms with Crippen molar-refractivity contribution in [1.29, 1.82) is 0 Å². The van der Waals surface area contributed by atoms with Gasteiger partial charge in [-0.3, -0.25) is 9.69 Å². The molecule has 0 spiro atoms. The van der Waals surface area contributed by atoms with E-state index in [4.69, 9.17) is 0 Å². The molecule has 2 rings (SSSR count). The van der Waals surface area contributed by atoms with Gasteiger partial charge in [0.15, 0.2) is 0 Å². The Balaban J connectivity index is 1.86. The van der Waals surface area contributed by atoms with Gasteiger partial charge in [-0.25, -0.2) is 0 Å². The highest BCUT2D eigenvalue weighted by Gasteiger charge is 2.31. The van der Waals surface area contributed by atoms with Gasteiger partial charge in [0, 0.05) is 25.0 Å². The zero-order valence-electron chi connectivity index (χ0n) is 9.91. The van der Waals surface area contributed by atoms with Crippen LogP contribution < -0.4 is 0 Å². The average molecular weight is 210 g/mol. The van der Waals surface area contributed by atoms with Crippen molar-refractivity contribution in [3.05, 3.63) is 0 Å². The van der Waals surface area contributed by atoms with E-state index in [1.54, 1.807) is 0 Å². The molecule has 2 fully saturated rings. The molecular formula is C12H22N2O. The van der Waals surface area contributed by atoms with Crippen LogP contribution in [0.1, 0.15) is 33.1 Å². The van der Waals surface area contributed by atoms with Crippen molar-refractivity contribution in [3.63, 3.8) is 0 Å². The third kappa shape index (κ3) is 2.33. The molecule has 1 atom stereocenters. The van der Waals surface area contributed by atoms with E-state index in [1.165, 1.54) is 32.4 Å². The van der Waals surface area contributed by atoms with Gasteiger partial charge in [0.1, 0.15) is 0 Å². The second kappa shape index (κ2) is 4.52. The molecule has 0 aromatic rings. The Bertz CT molecular complexity index is 234. The van der Waals surface area contributed by atoms with Crippen molar-refractivity contribution in [2.45, 2.75) is 39.2 Å². The van der Waals surface area contributed by atoms with Crippen molar-refractivity contribution in [3.8, 4) is 0 Å². The maximum absolute atomic E-state index is 11.8. The lowest BCUT2D eigenvalue weighted by Gasteiger charge is -2.24. The summed E-state index contributed by atoms with van der Waals surface area (Å²) in [4.78, 5) is 16.4. The molecule has 2 aliphatic rings. The van der Waals surface area contributed by atoms with Gasteiger partial charge in [0.25, 0.3) is 0 Å². The maximum atomic E-state index is 11.8. The largest absolute Gasteiger partial charge is 0.341 e. The summed E-state index contributed by atoms with van der Waals surface area (Å²) in [5, 5.41) is 0. The Morgan fingerprint density at radius 1 is 1.20 bits per heavy atom. The molecule has 0 aliphatic carbocycles. The van der Waals surface area contributed by atoms with Crippen LogP contribution in [-0.2, 0) is 4.79 Å². The van der Waals surface area contributed by atoms with Crippen molar-refractivity contribution < 1.29 is 4.79 Å². The first kappa shape index (κ1) is 10.9. The highest BCUT2D eigenvalue weighted by Crippen LogP contribution is 2.21. The Morgan fingerprint density at radius 2 is 1.87 bits per heavy atom. The first-order chi connectivity index (χ1) is 7.18. The average Bonchev–Trinajstić information content (AvgIpc) is 2.86. The van der Waals surface area contributed by atoms with Crippen molar-refractivity contribution in [1.82, 2.24) is 9.80 Å². The van der Waals surface area contributed by atoms with E-state index in [-0.39, 0.29) is 5.92 Å². The van der Waals surface area contributed by atoms with Gasteiger partial charge < -0.3 is 4.90 Å². The minimum Gasteiger partial charge on any atom is -0.341 e. The summed E-state index contributed by atoms with van der Waals surface area (Å²) in [5.74, 6) is 0.485. The van der Waals surface area contributed by atoms with Gasteiger partial charge in [-0.1, -0.05) is 13.8 Å². The molecule has 0 radical (unpaired) electrons. The molecule has 0 aromatic carbocycles. The van der Waals surface area contributed by atoms with Gasteiger partial charge in [-0.2, -0.15) is 0 Å². The molecule has 0 N–H and O–H groups in total. The van der Waals surface area contributed by atoms with Crippen molar-refractivity contribution >= 4 is 5.91 Å². The highest BCUT2D eigenvalue weighted by molar-refractivity contribution is 5.78. The second-order valence-corrected chi connectivity index (χ2v) is 5.12. The first-order valence-electron chi connectivity index (χ1n) is 6.21. The number of likely N-dealkylation sites (tertiary alicyclic amines) is 2. The van der Waals surface area contributed by atoms with Crippen LogP contribution in [0, 0.1) is 5.92 Å². The molecule has 86 valence electrons. The SMILES string of the molecule is CC(C)C(=O)N1CCC(N2CCCC2)C1. The third-order valence-electron chi connectivity index (χ3n) is 3.63. The fraction of sp³-hybridized carbons (Fsp3) is 0.917. The van der Waals surface area contributed by atoms with E-state index in [9.17, 15) is 4.79 Å². The predicted molar refractivity (Wildman–Crippen MR) is 60.6 cm³/mol. The van der Waals surface area contributed by atoms with Crippen LogP contribution in [0.15, 0.2) is 0 Å². The minimum atomic E-state index is 0.155. The molecule has 3 heteroatoms. The van der Waals surface area contributed by atoms with Crippen LogP contribution >= 0.6 is 0 Å². The summed E-state index contributed by atoms with van der Waals surface area (Å²) in [5.41, 5.74) is 0. The highest BCUT2D eigenvalue weighted by atomic mass is 16.2. The van der Waals surface area contributed by atoms with Crippen LogP contribution in [0.3, 0.4) is 0 Å². The van der Waals surface area contributed by atoms with Crippen LogP contribution in [0.5, 0.6) is 0 Å². The zero-order chi connectivity index (χ0) is 10.8. The van der Waals surface area contributed by atoms with Gasteiger partial charge in [-0.15, -0.1) is 0 Å². The molecular weight excluding hydrogens is 188 g/mol. The van der Waals surface area contributed by atoms with Crippen LogP contribution in [0.25, 0.3) is 0 Å². The smallest absolute Gasteiger partial charge is 0.225 e. The topological polar surface area (TPSA) is 23.6 Å². The number of rotatable bonds is 2. The van der Waals surface area contributed by atoms with E-state index in [0.717, 1.165) is 13.1 Å².